The van der Waals surface area contributed by atoms with E-state index in [0.717, 1.165) is 36.8 Å². The summed E-state index contributed by atoms with van der Waals surface area (Å²) < 4.78 is 5.48. The molecule has 1 N–H and O–H groups in total. The van der Waals surface area contributed by atoms with Crippen LogP contribution in [0.5, 0.6) is 0 Å². The first-order chi connectivity index (χ1) is 12.2. The number of hydrogen-bond donors (Lipinski definition) is 1. The molecule has 1 saturated heterocycles. The average molecular weight is 408 g/mol. The van der Waals surface area contributed by atoms with E-state index in [1.165, 1.54) is 0 Å². The Morgan fingerprint density at radius 1 is 1.15 bits per heavy atom. The van der Waals surface area contributed by atoms with Crippen molar-refractivity contribution in [2.24, 2.45) is 0 Å². The number of aromatic nitrogens is 1. The Kier molecular flexibility index (Phi) is 7.25. The fourth-order valence-corrected chi connectivity index (χ4v) is 3.45. The summed E-state index contributed by atoms with van der Waals surface area (Å²) in [6.07, 6.45) is 3.58. The number of pyridine rings is 1. The van der Waals surface area contributed by atoms with Crippen LogP contribution in [0, 0.1) is 0 Å². The van der Waals surface area contributed by atoms with Gasteiger partial charge in [0.1, 0.15) is 5.69 Å². The van der Waals surface area contributed by atoms with Gasteiger partial charge in [-0.1, -0.05) is 18.2 Å². The lowest BCUT2D eigenvalue weighted by atomic mass is 10.0. The van der Waals surface area contributed by atoms with Crippen LogP contribution in [0.1, 0.15) is 23.2 Å². The Bertz CT molecular complexity index is 893. The van der Waals surface area contributed by atoms with E-state index in [2.05, 4.69) is 10.3 Å². The second-order valence-corrected chi connectivity index (χ2v) is 6.45. The Hall–Kier alpha value is -2.08. The summed E-state index contributed by atoms with van der Waals surface area (Å²) in [6.45, 7) is 1.91. The van der Waals surface area contributed by atoms with Crippen LogP contribution in [0.4, 0.5) is 0 Å². The van der Waals surface area contributed by atoms with Gasteiger partial charge < -0.3 is 14.6 Å². The number of hydrogen-bond acceptors (Lipinski definition) is 4. The number of fused-ring (bicyclic) bond motifs is 1. The van der Waals surface area contributed by atoms with Crippen LogP contribution in [0.2, 0.25) is 0 Å². The molecule has 4 rings (SSSR count). The van der Waals surface area contributed by atoms with Crippen LogP contribution < -0.4 is 5.32 Å². The van der Waals surface area contributed by atoms with E-state index >= 15 is 0 Å². The molecule has 1 amide bonds. The maximum atomic E-state index is 13.2. The topological polar surface area (TPSA) is 58.4 Å². The van der Waals surface area contributed by atoms with Gasteiger partial charge in [0.05, 0.1) is 17.3 Å². The molecule has 2 aromatic heterocycles. The molecule has 1 aliphatic heterocycles. The Morgan fingerprint density at radius 2 is 1.89 bits per heavy atom. The molecule has 0 spiro atoms. The zero-order valence-electron chi connectivity index (χ0n) is 15.1. The number of amides is 1. The second-order valence-electron chi connectivity index (χ2n) is 6.45. The van der Waals surface area contributed by atoms with Crippen LogP contribution in [0.25, 0.3) is 22.4 Å². The van der Waals surface area contributed by atoms with E-state index < -0.39 is 0 Å². The number of halogens is 2. The van der Waals surface area contributed by atoms with Crippen molar-refractivity contribution in [1.29, 1.82) is 0 Å². The van der Waals surface area contributed by atoms with Gasteiger partial charge in [0, 0.05) is 18.5 Å². The fourth-order valence-electron chi connectivity index (χ4n) is 3.45. The minimum atomic E-state index is 0. The van der Waals surface area contributed by atoms with E-state index in [4.69, 9.17) is 4.42 Å². The highest BCUT2D eigenvalue weighted by atomic mass is 35.5. The third kappa shape index (κ3) is 4.26. The first-order valence-corrected chi connectivity index (χ1v) is 8.65. The molecule has 5 nitrogen and oxygen atoms in total. The number of para-hydroxylation sites is 1. The van der Waals surface area contributed by atoms with E-state index in [0.29, 0.717) is 17.0 Å². The predicted molar refractivity (Wildman–Crippen MR) is 112 cm³/mol. The molecule has 0 atom stereocenters. The summed E-state index contributed by atoms with van der Waals surface area (Å²) in [5.41, 5.74) is 2.17. The zero-order chi connectivity index (χ0) is 17.2. The molecule has 0 saturated carbocycles. The number of nitrogens with zero attached hydrogens (tertiary/aromatic N) is 2. The monoisotopic (exact) mass is 407 g/mol. The van der Waals surface area contributed by atoms with Crippen molar-refractivity contribution in [2.75, 3.05) is 20.1 Å². The SMILES string of the molecule is CN(C(=O)c1cc(-c2ccco2)nc2ccccc12)C1CCNCC1.Cl.Cl. The van der Waals surface area contributed by atoms with Crippen LogP contribution in [0.3, 0.4) is 0 Å². The number of carbonyl (C=O) groups excluding carboxylic acids is 1. The number of carbonyl (C=O) groups is 1. The molecule has 0 bridgehead atoms. The van der Waals surface area contributed by atoms with Gasteiger partial charge >= 0.3 is 0 Å². The molecule has 1 aromatic carbocycles. The Morgan fingerprint density at radius 3 is 2.59 bits per heavy atom. The summed E-state index contributed by atoms with van der Waals surface area (Å²) in [5, 5.41) is 4.22. The van der Waals surface area contributed by atoms with Crippen LogP contribution in [-0.2, 0) is 0 Å². The first-order valence-electron chi connectivity index (χ1n) is 8.65. The van der Waals surface area contributed by atoms with E-state index in [1.54, 1.807) is 6.26 Å². The normalized spacial score (nSPS) is 14.3. The lowest BCUT2D eigenvalue weighted by Gasteiger charge is -2.32. The van der Waals surface area contributed by atoms with Crippen molar-refractivity contribution in [2.45, 2.75) is 18.9 Å². The zero-order valence-corrected chi connectivity index (χ0v) is 16.7. The number of furan rings is 1. The lowest BCUT2D eigenvalue weighted by Crippen LogP contribution is -2.44. The lowest BCUT2D eigenvalue weighted by molar-refractivity contribution is 0.0705. The summed E-state index contributed by atoms with van der Waals surface area (Å²) in [4.78, 5) is 19.8. The number of nitrogens with one attached hydrogen (secondary N) is 1. The smallest absolute Gasteiger partial charge is 0.254 e. The number of rotatable bonds is 3. The number of piperidine rings is 1. The van der Waals surface area contributed by atoms with E-state index in [1.807, 2.05) is 54.4 Å². The van der Waals surface area contributed by atoms with Gasteiger partial charge in [0.2, 0.25) is 0 Å². The molecule has 27 heavy (non-hydrogen) atoms. The molecular weight excluding hydrogens is 385 g/mol. The summed E-state index contributed by atoms with van der Waals surface area (Å²) in [5.74, 6) is 0.711. The van der Waals surface area contributed by atoms with E-state index in [-0.39, 0.29) is 36.8 Å². The number of benzene rings is 1. The van der Waals surface area contributed by atoms with Crippen molar-refractivity contribution < 1.29 is 9.21 Å². The predicted octanol–water partition coefficient (Wildman–Crippen LogP) is 4.16. The average Bonchev–Trinajstić information content (AvgIpc) is 3.21. The van der Waals surface area contributed by atoms with Gasteiger partial charge in [0.25, 0.3) is 5.91 Å². The van der Waals surface area contributed by atoms with Crippen LogP contribution >= 0.6 is 24.8 Å². The molecule has 1 aliphatic rings. The van der Waals surface area contributed by atoms with Crippen molar-refractivity contribution in [3.8, 4) is 11.5 Å². The summed E-state index contributed by atoms with van der Waals surface area (Å²) in [6, 6.07) is 13.6. The molecule has 0 aliphatic carbocycles. The molecular formula is C20H23Cl2N3O2. The van der Waals surface area contributed by atoms with Crippen LogP contribution in [-0.4, -0.2) is 42.0 Å². The molecule has 0 unspecified atom stereocenters. The standard InChI is InChI=1S/C20H21N3O2.2ClH/c1-23(14-8-10-21-11-9-14)20(24)16-13-18(19-7-4-12-25-19)22-17-6-3-2-5-15(16)17;;/h2-7,12-14,21H,8-11H2,1H3;2*1H. The third-order valence-electron chi connectivity index (χ3n) is 4.90. The van der Waals surface area contributed by atoms with Gasteiger partial charge in [0.15, 0.2) is 5.76 Å². The fraction of sp³-hybridized carbons (Fsp3) is 0.300. The highest BCUT2D eigenvalue weighted by molar-refractivity contribution is 6.07. The van der Waals surface area contributed by atoms with Crippen molar-refractivity contribution in [3.63, 3.8) is 0 Å². The third-order valence-corrected chi connectivity index (χ3v) is 4.90. The van der Waals surface area contributed by atoms with Crippen molar-refractivity contribution in [1.82, 2.24) is 15.2 Å². The van der Waals surface area contributed by atoms with Crippen molar-refractivity contribution >= 4 is 41.6 Å². The maximum absolute atomic E-state index is 13.2. The van der Waals surface area contributed by atoms with Gasteiger partial charge in [-0.15, -0.1) is 24.8 Å². The summed E-state index contributed by atoms with van der Waals surface area (Å²) >= 11 is 0. The largest absolute Gasteiger partial charge is 0.463 e. The molecule has 0 radical (unpaired) electrons. The molecule has 3 aromatic rings. The Balaban J connectivity index is 0.00000131. The van der Waals surface area contributed by atoms with E-state index in [9.17, 15) is 4.79 Å². The minimum absolute atomic E-state index is 0. The Labute approximate surface area is 171 Å². The first kappa shape index (κ1) is 21.2. The highest BCUT2D eigenvalue weighted by Gasteiger charge is 2.25. The quantitative estimate of drug-likeness (QED) is 0.707. The molecule has 3 heterocycles. The van der Waals surface area contributed by atoms with Gasteiger partial charge in [-0.25, -0.2) is 4.98 Å². The second kappa shape index (κ2) is 9.22. The molecule has 1 fully saturated rings. The van der Waals surface area contributed by atoms with Gasteiger partial charge in [-0.2, -0.15) is 0 Å². The highest BCUT2D eigenvalue weighted by Crippen LogP contribution is 2.27. The van der Waals surface area contributed by atoms with Gasteiger partial charge in [-0.3, -0.25) is 4.79 Å². The van der Waals surface area contributed by atoms with Crippen LogP contribution in [0.15, 0.2) is 53.1 Å². The molecule has 144 valence electrons. The minimum Gasteiger partial charge on any atom is -0.463 e. The van der Waals surface area contributed by atoms with Crippen molar-refractivity contribution in [3.05, 3.63) is 54.3 Å². The maximum Gasteiger partial charge on any atom is 0.254 e. The summed E-state index contributed by atoms with van der Waals surface area (Å²) in [7, 11) is 1.90. The molecule has 7 heteroatoms. The van der Waals surface area contributed by atoms with Gasteiger partial charge in [-0.05, 0) is 50.2 Å².